The van der Waals surface area contributed by atoms with Gasteiger partial charge in [-0.05, 0) is 0 Å². The van der Waals surface area contributed by atoms with Gasteiger partial charge in [-0.2, -0.15) is 14.2 Å². The van der Waals surface area contributed by atoms with E-state index in [-0.39, 0.29) is 0 Å². The van der Waals surface area contributed by atoms with Crippen LogP contribution in [0.2, 0.25) is 65.5 Å². The molecule has 0 aliphatic heterocycles. The summed E-state index contributed by atoms with van der Waals surface area (Å²) in [6, 6.07) is 0. The Morgan fingerprint density at radius 1 is 0.438 bits per heavy atom. The van der Waals surface area contributed by atoms with Crippen LogP contribution >= 0.6 is 0 Å². The van der Waals surface area contributed by atoms with Crippen LogP contribution in [-0.2, 0) is 0 Å². The molecule has 16 heavy (non-hydrogen) atoms. The molecule has 0 aromatic carbocycles. The quantitative estimate of drug-likeness (QED) is 0.680. The van der Waals surface area contributed by atoms with E-state index < -0.39 is 29.4 Å². The summed E-state index contributed by atoms with van der Waals surface area (Å²) in [7, 11) is -0.720. The molecule has 0 bridgehead atoms. The highest BCUT2D eigenvalue weighted by molar-refractivity contribution is 7.85. The fourth-order valence-corrected chi connectivity index (χ4v) is 106. The molecule has 96 valence electrons. The maximum atomic E-state index is 2.71. The van der Waals surface area contributed by atoms with Gasteiger partial charge in [0.25, 0.3) is 0 Å². The van der Waals surface area contributed by atoms with Crippen LogP contribution in [0.25, 0.3) is 0 Å². The molecule has 2 radical (unpaired) electrons. The van der Waals surface area contributed by atoms with Gasteiger partial charge in [-0.3, -0.25) is 0 Å². The van der Waals surface area contributed by atoms with Crippen LogP contribution in [0.4, 0.5) is 0 Å². The lowest BCUT2D eigenvalue weighted by Gasteiger charge is -2.64. The molecule has 0 nitrogen and oxygen atoms in total. The Bertz CT molecular complexity index is 207. The van der Waals surface area contributed by atoms with E-state index in [2.05, 4.69) is 65.5 Å². The maximum absolute atomic E-state index is 2.71. The van der Waals surface area contributed by atoms with E-state index in [9.17, 15) is 0 Å². The van der Waals surface area contributed by atoms with Crippen molar-refractivity contribution in [2.45, 2.75) is 65.5 Å². The van der Waals surface area contributed by atoms with E-state index in [4.69, 9.17) is 0 Å². The second-order valence-corrected chi connectivity index (χ2v) is 57.0. The van der Waals surface area contributed by atoms with Crippen molar-refractivity contribution < 1.29 is 0 Å². The Kier molecular flexibility index (Phi) is 5.54. The van der Waals surface area contributed by atoms with Gasteiger partial charge >= 0.3 is 0 Å². The zero-order valence-corrected chi connectivity index (χ0v) is 19.0. The SMILES string of the molecule is C[Si](C)(C)[Si-][Si](C)(C)[Si](C)(C)[Si-][Si](C)(C)C. The lowest BCUT2D eigenvalue weighted by molar-refractivity contribution is 1.83. The van der Waals surface area contributed by atoms with Crippen molar-refractivity contribution in [2.24, 2.45) is 0 Å². The second kappa shape index (κ2) is 5.12. The zero-order valence-electron chi connectivity index (χ0n) is 13.0. The zero-order chi connectivity index (χ0) is 13.4. The molecule has 0 N–H and O–H groups in total. The van der Waals surface area contributed by atoms with Gasteiger partial charge in [-0.25, -0.2) is 0 Å². The largest absolute Gasteiger partial charge is 0.432 e. The summed E-state index contributed by atoms with van der Waals surface area (Å²) in [5.41, 5.74) is 0. The fourth-order valence-electron chi connectivity index (χ4n) is 2.19. The van der Waals surface area contributed by atoms with Crippen LogP contribution in [-0.4, -0.2) is 46.5 Å². The predicted molar refractivity (Wildman–Crippen MR) is 93.2 cm³/mol. The summed E-state index contributed by atoms with van der Waals surface area (Å²) in [5, 5.41) is 0. The Labute approximate surface area is 112 Å². The highest BCUT2D eigenvalue weighted by atomic mass is 30.0. The second-order valence-electron chi connectivity index (χ2n) is 8.00. The first-order valence-electron chi connectivity index (χ1n) is 6.25. The Balaban J connectivity index is 4.85. The average Bonchev–Trinajstić information content (AvgIpc) is 1.72. The van der Waals surface area contributed by atoms with Gasteiger partial charge in [0.15, 0.2) is 0 Å². The van der Waals surface area contributed by atoms with Crippen LogP contribution in [0.3, 0.4) is 0 Å². The molecule has 0 fully saturated rings. The Morgan fingerprint density at radius 3 is 0.750 bits per heavy atom. The molecular weight excluding hydrogens is 289 g/mol. The lowest BCUT2D eigenvalue weighted by atomic mass is 11.8. The summed E-state index contributed by atoms with van der Waals surface area (Å²) in [6.45, 7) is 26.3. The van der Waals surface area contributed by atoms with E-state index >= 15 is 0 Å². The minimum absolute atomic E-state index is 0.834. The summed E-state index contributed by atoms with van der Waals surface area (Å²) in [6.07, 6.45) is 0. The van der Waals surface area contributed by atoms with Gasteiger partial charge in [0, 0.05) is 0 Å². The standard InChI is InChI=1S/C10H30Si6/c1-13(2,3)11-15(7,8)16(9,10)12-14(4,5)6/h1-10H3/q-2. The first-order chi connectivity index (χ1) is 6.66. The van der Waals surface area contributed by atoms with Crippen LogP contribution in [0.15, 0.2) is 0 Å². The van der Waals surface area contributed by atoms with Gasteiger partial charge in [0.2, 0.25) is 0 Å². The van der Waals surface area contributed by atoms with Gasteiger partial charge in [-0.15, -0.1) is 80.7 Å². The third-order valence-electron chi connectivity index (χ3n) is 2.94. The number of hydrogen-bond acceptors (Lipinski definition) is 0. The van der Waals surface area contributed by atoms with E-state index in [0.29, 0.717) is 0 Å². The monoisotopic (exact) mass is 318 g/mol. The molecule has 0 spiro atoms. The summed E-state index contributed by atoms with van der Waals surface area (Å²) >= 11 is 0. The topological polar surface area (TPSA) is 0 Å². The van der Waals surface area contributed by atoms with E-state index in [1.165, 1.54) is 17.1 Å². The molecular formula is C10H30Si6-2. The van der Waals surface area contributed by atoms with Crippen molar-refractivity contribution in [3.8, 4) is 0 Å². The van der Waals surface area contributed by atoms with Gasteiger partial charge in [-0.1, -0.05) is 0 Å². The van der Waals surface area contributed by atoms with Crippen LogP contribution in [0.1, 0.15) is 0 Å². The van der Waals surface area contributed by atoms with Gasteiger partial charge in [0.05, 0.1) is 0 Å². The van der Waals surface area contributed by atoms with Gasteiger partial charge in [0.1, 0.15) is 0 Å². The van der Waals surface area contributed by atoms with Crippen molar-refractivity contribution >= 4 is 46.5 Å². The Morgan fingerprint density at radius 2 is 0.625 bits per heavy atom. The number of rotatable bonds is 5. The first-order valence-corrected chi connectivity index (χ1v) is 26.2. The van der Waals surface area contributed by atoms with Crippen molar-refractivity contribution in [2.75, 3.05) is 0 Å². The van der Waals surface area contributed by atoms with Crippen LogP contribution in [0, 0.1) is 0 Å². The maximum Gasteiger partial charge on any atom is -0.100 e. The highest BCUT2D eigenvalue weighted by Gasteiger charge is 2.25. The average molecular weight is 319 g/mol. The number of hydrogen-bond donors (Lipinski definition) is 0. The van der Waals surface area contributed by atoms with Crippen molar-refractivity contribution in [1.29, 1.82) is 0 Å². The summed E-state index contributed by atoms with van der Waals surface area (Å²) in [5.74, 6) is 0. The van der Waals surface area contributed by atoms with E-state index in [1.807, 2.05) is 0 Å². The van der Waals surface area contributed by atoms with Crippen LogP contribution in [0.5, 0.6) is 0 Å². The molecule has 0 amide bonds. The molecule has 0 rings (SSSR count). The molecule has 0 aromatic heterocycles. The predicted octanol–water partition coefficient (Wildman–Crippen LogP) is 3.55. The Hall–Kier alpha value is 1.30. The molecule has 6 heteroatoms. The highest BCUT2D eigenvalue weighted by Crippen LogP contribution is 2.22. The van der Waals surface area contributed by atoms with Crippen molar-refractivity contribution in [3.63, 3.8) is 0 Å². The van der Waals surface area contributed by atoms with Crippen LogP contribution < -0.4 is 0 Å². The summed E-state index contributed by atoms with van der Waals surface area (Å²) in [4.78, 5) is 0. The minimum Gasteiger partial charge on any atom is -0.432 e. The smallest absolute Gasteiger partial charge is 0.100 e. The molecule has 0 aliphatic carbocycles. The molecule has 0 aliphatic rings. The normalized spacial score (nSPS) is 15.4. The van der Waals surface area contributed by atoms with Crippen molar-refractivity contribution in [3.05, 3.63) is 0 Å². The third kappa shape index (κ3) is 6.29. The molecule has 0 aromatic rings. The van der Waals surface area contributed by atoms with E-state index in [0.717, 1.165) is 0 Å². The fraction of sp³-hybridized carbons (Fsp3) is 1.00. The van der Waals surface area contributed by atoms with Gasteiger partial charge < -0.3 is 17.1 Å². The minimum atomic E-state index is -0.901. The van der Waals surface area contributed by atoms with E-state index in [1.54, 1.807) is 0 Å². The molecule has 0 saturated heterocycles. The first kappa shape index (κ1) is 17.3. The molecule has 0 atom stereocenters. The third-order valence-corrected chi connectivity index (χ3v) is 71.4. The molecule has 0 unspecified atom stereocenters. The van der Waals surface area contributed by atoms with Crippen molar-refractivity contribution in [1.82, 2.24) is 0 Å². The lowest BCUT2D eigenvalue weighted by Crippen LogP contribution is -2.71. The molecule has 0 heterocycles. The molecule has 0 saturated carbocycles. The summed E-state index contributed by atoms with van der Waals surface area (Å²) < 4.78 is 0.